The molecule has 1 aliphatic rings. The van der Waals surface area contributed by atoms with Crippen LogP contribution in [0.3, 0.4) is 0 Å². The Morgan fingerprint density at radius 1 is 1.57 bits per heavy atom. The molecule has 1 aliphatic carbocycles. The molecule has 0 saturated heterocycles. The molecule has 0 amide bonds. The van der Waals surface area contributed by atoms with Gasteiger partial charge >= 0.3 is 0 Å². The average Bonchev–Trinajstić information content (AvgIpc) is 2.80. The van der Waals surface area contributed by atoms with E-state index in [-0.39, 0.29) is 0 Å². The maximum atomic E-state index is 5.89. The van der Waals surface area contributed by atoms with Crippen LogP contribution in [0, 0.1) is 5.41 Å². The molecule has 2 N–H and O–H groups in total. The van der Waals surface area contributed by atoms with Crippen molar-refractivity contribution in [3.05, 3.63) is 16.5 Å². The van der Waals surface area contributed by atoms with Crippen LogP contribution in [-0.2, 0) is 0 Å². The summed E-state index contributed by atoms with van der Waals surface area (Å²) in [7, 11) is 2.11. The molecule has 1 fully saturated rings. The molecule has 4 heteroatoms. The lowest BCUT2D eigenvalue weighted by Gasteiger charge is -2.22. The van der Waals surface area contributed by atoms with E-state index in [0.29, 0.717) is 5.41 Å². The van der Waals surface area contributed by atoms with Gasteiger partial charge in [-0.2, -0.15) is 0 Å². The van der Waals surface area contributed by atoms with E-state index in [4.69, 9.17) is 17.3 Å². The Kier molecular flexibility index (Phi) is 2.73. The van der Waals surface area contributed by atoms with Crippen molar-refractivity contribution >= 4 is 27.9 Å². The molecule has 0 unspecified atom stereocenters. The molecule has 0 aliphatic heterocycles. The lowest BCUT2D eigenvalue weighted by atomic mass is 10.1. The average molecular weight is 231 g/mol. The van der Waals surface area contributed by atoms with Crippen molar-refractivity contribution < 1.29 is 0 Å². The number of hydrogen-bond acceptors (Lipinski definition) is 3. The van der Waals surface area contributed by atoms with Crippen LogP contribution < -0.4 is 10.6 Å². The van der Waals surface area contributed by atoms with Gasteiger partial charge in [-0.05, 0) is 31.5 Å². The molecule has 14 heavy (non-hydrogen) atoms. The number of thiophene rings is 1. The Labute approximate surface area is 93.7 Å². The first-order valence-electron chi connectivity index (χ1n) is 4.82. The molecule has 1 aromatic rings. The van der Waals surface area contributed by atoms with Crippen LogP contribution in [-0.4, -0.2) is 20.1 Å². The number of nitrogens with two attached hydrogens (primary N) is 1. The highest BCUT2D eigenvalue weighted by Crippen LogP contribution is 2.46. The minimum atomic E-state index is 0.394. The van der Waals surface area contributed by atoms with Gasteiger partial charge < -0.3 is 10.6 Å². The molecule has 0 spiro atoms. The minimum Gasteiger partial charge on any atom is -0.366 e. The van der Waals surface area contributed by atoms with Crippen molar-refractivity contribution in [3.8, 4) is 0 Å². The first kappa shape index (κ1) is 10.3. The van der Waals surface area contributed by atoms with Gasteiger partial charge in [0, 0.05) is 19.0 Å². The maximum absolute atomic E-state index is 5.89. The minimum absolute atomic E-state index is 0.394. The summed E-state index contributed by atoms with van der Waals surface area (Å²) in [6.45, 7) is 1.86. The Morgan fingerprint density at radius 3 is 2.71 bits per heavy atom. The summed E-state index contributed by atoms with van der Waals surface area (Å²) in [5, 5.41) is 1.23. The van der Waals surface area contributed by atoms with E-state index in [9.17, 15) is 0 Å². The van der Waals surface area contributed by atoms with Gasteiger partial charge in [0.15, 0.2) is 0 Å². The molecule has 78 valence electrons. The van der Waals surface area contributed by atoms with E-state index in [0.717, 1.165) is 17.4 Å². The molecular weight excluding hydrogens is 216 g/mol. The third-order valence-electron chi connectivity index (χ3n) is 2.90. The molecule has 0 atom stereocenters. The van der Waals surface area contributed by atoms with E-state index in [1.165, 1.54) is 17.8 Å². The third kappa shape index (κ3) is 2.05. The lowest BCUT2D eigenvalue weighted by Crippen LogP contribution is -2.30. The molecule has 0 radical (unpaired) electrons. The number of nitrogens with zero attached hydrogens (tertiary/aromatic N) is 1. The molecule has 2 rings (SSSR count). The van der Waals surface area contributed by atoms with Gasteiger partial charge in [-0.1, -0.05) is 11.6 Å². The zero-order valence-corrected chi connectivity index (χ0v) is 9.87. The highest BCUT2D eigenvalue weighted by atomic mass is 35.5. The largest absolute Gasteiger partial charge is 0.366 e. The zero-order chi connectivity index (χ0) is 10.2. The summed E-state index contributed by atoms with van der Waals surface area (Å²) in [5.41, 5.74) is 6.15. The van der Waals surface area contributed by atoms with Gasteiger partial charge in [0.2, 0.25) is 0 Å². The fourth-order valence-electron chi connectivity index (χ4n) is 1.69. The van der Waals surface area contributed by atoms with Gasteiger partial charge in [0.25, 0.3) is 0 Å². The summed E-state index contributed by atoms with van der Waals surface area (Å²) < 4.78 is 0.851. The summed E-state index contributed by atoms with van der Waals surface area (Å²) >= 11 is 7.52. The molecule has 1 saturated carbocycles. The van der Waals surface area contributed by atoms with Crippen molar-refractivity contribution in [1.82, 2.24) is 0 Å². The standard InChI is InChI=1S/C10H15ClN2S/c1-13(7-10(6-12)4-5-10)9-3-2-8(11)14-9/h2-3H,4-7,12H2,1H3. The quantitative estimate of drug-likeness (QED) is 0.862. The Balaban J connectivity index is 1.99. The van der Waals surface area contributed by atoms with Gasteiger partial charge in [-0.3, -0.25) is 0 Å². The highest BCUT2D eigenvalue weighted by Gasteiger charge is 2.42. The molecule has 1 heterocycles. The Bertz CT molecular complexity index is 320. The molecule has 2 nitrogen and oxygen atoms in total. The van der Waals surface area contributed by atoms with Crippen LogP contribution in [0.5, 0.6) is 0 Å². The predicted molar refractivity (Wildman–Crippen MR) is 63.3 cm³/mol. The van der Waals surface area contributed by atoms with Crippen LogP contribution in [0.2, 0.25) is 4.34 Å². The van der Waals surface area contributed by atoms with E-state index >= 15 is 0 Å². The summed E-state index contributed by atoms with van der Waals surface area (Å²) in [5.74, 6) is 0. The monoisotopic (exact) mass is 230 g/mol. The second-order valence-electron chi connectivity index (χ2n) is 4.14. The van der Waals surface area contributed by atoms with Crippen molar-refractivity contribution in [2.24, 2.45) is 11.1 Å². The zero-order valence-electron chi connectivity index (χ0n) is 8.29. The Hall–Kier alpha value is -0.250. The van der Waals surface area contributed by atoms with Crippen LogP contribution in [0.1, 0.15) is 12.8 Å². The summed E-state index contributed by atoms with van der Waals surface area (Å²) in [4.78, 5) is 2.26. The topological polar surface area (TPSA) is 29.3 Å². The second kappa shape index (κ2) is 3.72. The van der Waals surface area contributed by atoms with E-state index < -0.39 is 0 Å². The number of rotatable bonds is 4. The Morgan fingerprint density at radius 2 is 2.29 bits per heavy atom. The fraction of sp³-hybridized carbons (Fsp3) is 0.600. The smallest absolute Gasteiger partial charge is 0.0950 e. The molecular formula is C10H15ClN2S. The summed E-state index contributed by atoms with van der Waals surface area (Å²) in [6.07, 6.45) is 2.54. The molecule has 1 aromatic heterocycles. The van der Waals surface area contributed by atoms with Gasteiger partial charge in [-0.25, -0.2) is 0 Å². The third-order valence-corrected chi connectivity index (χ3v) is 4.24. The van der Waals surface area contributed by atoms with E-state index in [1.54, 1.807) is 11.3 Å². The van der Waals surface area contributed by atoms with Crippen LogP contribution in [0.4, 0.5) is 5.00 Å². The second-order valence-corrected chi connectivity index (χ2v) is 5.83. The molecule has 0 bridgehead atoms. The molecule has 0 aromatic carbocycles. The lowest BCUT2D eigenvalue weighted by molar-refractivity contribution is 0.524. The predicted octanol–water partition coefficient (Wildman–Crippen LogP) is 2.58. The van der Waals surface area contributed by atoms with Crippen molar-refractivity contribution in [2.45, 2.75) is 12.8 Å². The van der Waals surface area contributed by atoms with Crippen LogP contribution >= 0.6 is 22.9 Å². The van der Waals surface area contributed by atoms with E-state index in [1.807, 2.05) is 6.07 Å². The van der Waals surface area contributed by atoms with Crippen molar-refractivity contribution in [3.63, 3.8) is 0 Å². The van der Waals surface area contributed by atoms with Crippen molar-refractivity contribution in [2.75, 3.05) is 25.0 Å². The van der Waals surface area contributed by atoms with Gasteiger partial charge in [0.1, 0.15) is 0 Å². The highest BCUT2D eigenvalue weighted by molar-refractivity contribution is 7.19. The van der Waals surface area contributed by atoms with Gasteiger partial charge in [0.05, 0.1) is 9.34 Å². The van der Waals surface area contributed by atoms with E-state index in [2.05, 4.69) is 18.0 Å². The van der Waals surface area contributed by atoms with Gasteiger partial charge in [-0.15, -0.1) is 11.3 Å². The summed E-state index contributed by atoms with van der Waals surface area (Å²) in [6, 6.07) is 4.01. The number of anilines is 1. The van der Waals surface area contributed by atoms with Crippen molar-refractivity contribution in [1.29, 1.82) is 0 Å². The first-order chi connectivity index (χ1) is 6.65. The van der Waals surface area contributed by atoms with Crippen LogP contribution in [0.15, 0.2) is 12.1 Å². The normalized spacial score (nSPS) is 18.2. The SMILES string of the molecule is CN(CC1(CN)CC1)c1ccc(Cl)s1. The van der Waals surface area contributed by atoms with Crippen LogP contribution in [0.25, 0.3) is 0 Å². The number of hydrogen-bond donors (Lipinski definition) is 1. The maximum Gasteiger partial charge on any atom is 0.0950 e. The fourth-order valence-corrected chi connectivity index (χ4v) is 2.69. The number of halogens is 1. The first-order valence-corrected chi connectivity index (χ1v) is 6.01.